The van der Waals surface area contributed by atoms with Gasteiger partial charge in [-0.1, -0.05) is 23.7 Å². The maximum Gasteiger partial charge on any atom is 0.223 e. The van der Waals surface area contributed by atoms with E-state index in [4.69, 9.17) is 16.9 Å². The molecule has 1 aromatic carbocycles. The van der Waals surface area contributed by atoms with E-state index in [1.165, 1.54) is 4.90 Å². The molecule has 1 amide bonds. The van der Waals surface area contributed by atoms with E-state index in [9.17, 15) is 9.00 Å². The molecule has 0 aliphatic heterocycles. The zero-order chi connectivity index (χ0) is 14.3. The topological polar surface area (TPSA) is 61.2 Å². The van der Waals surface area contributed by atoms with Crippen LogP contribution in [0.15, 0.2) is 29.2 Å². The summed E-state index contributed by atoms with van der Waals surface area (Å²) >= 11 is 5.94. The number of amides is 1. The normalized spacial score (nSPS) is 11.6. The highest BCUT2D eigenvalue weighted by Gasteiger charge is 2.13. The molecule has 0 N–H and O–H groups in total. The molecule has 1 rings (SSSR count). The molecule has 1 unspecified atom stereocenters. The van der Waals surface area contributed by atoms with Crippen molar-refractivity contribution in [3.05, 3.63) is 29.3 Å². The summed E-state index contributed by atoms with van der Waals surface area (Å²) in [6, 6.07) is 8.88. The highest BCUT2D eigenvalue weighted by Crippen LogP contribution is 2.19. The average molecular weight is 299 g/mol. The van der Waals surface area contributed by atoms with Crippen molar-refractivity contribution < 1.29 is 9.00 Å². The van der Waals surface area contributed by atoms with Gasteiger partial charge in [-0.2, -0.15) is 5.26 Å². The molecule has 0 radical (unpaired) electrons. The minimum atomic E-state index is -1.28. The molecule has 0 aliphatic carbocycles. The summed E-state index contributed by atoms with van der Waals surface area (Å²) in [5.41, 5.74) is 0. The van der Waals surface area contributed by atoms with Crippen LogP contribution < -0.4 is 0 Å². The number of hydrogen-bond donors (Lipinski definition) is 0. The summed E-state index contributed by atoms with van der Waals surface area (Å²) in [6.45, 7) is 0.397. The molecule has 0 aromatic heterocycles. The Kier molecular flexibility index (Phi) is 6.54. The minimum Gasteiger partial charge on any atom is -0.345 e. The first-order valence-corrected chi connectivity index (χ1v) is 7.49. The van der Waals surface area contributed by atoms with E-state index >= 15 is 0 Å². The molecule has 0 saturated heterocycles. The Balaban J connectivity index is 2.49. The van der Waals surface area contributed by atoms with Gasteiger partial charge in [-0.3, -0.25) is 9.00 Å². The third-order valence-corrected chi connectivity index (χ3v) is 4.43. The third-order valence-electron chi connectivity index (χ3n) is 2.57. The number of benzene rings is 1. The molecular formula is C13H15ClN2O2S. The van der Waals surface area contributed by atoms with E-state index in [1.807, 2.05) is 6.07 Å². The largest absolute Gasteiger partial charge is 0.345 e. The van der Waals surface area contributed by atoms with Gasteiger partial charge in [0.25, 0.3) is 0 Å². The number of nitriles is 1. The minimum absolute atomic E-state index is 0.115. The molecule has 0 aliphatic rings. The fraction of sp³-hybridized carbons (Fsp3) is 0.385. The van der Waals surface area contributed by atoms with Crippen molar-refractivity contribution in [2.24, 2.45) is 0 Å². The highest BCUT2D eigenvalue weighted by atomic mass is 35.5. The summed E-state index contributed by atoms with van der Waals surface area (Å²) < 4.78 is 12.0. The third kappa shape index (κ3) is 5.01. The maximum atomic E-state index is 12.0. The molecule has 0 heterocycles. The van der Waals surface area contributed by atoms with Crippen LogP contribution in [0.2, 0.25) is 5.02 Å². The molecule has 0 fully saturated rings. The van der Waals surface area contributed by atoms with Gasteiger partial charge in [-0.15, -0.1) is 0 Å². The van der Waals surface area contributed by atoms with Crippen LogP contribution in [0.5, 0.6) is 0 Å². The lowest BCUT2D eigenvalue weighted by molar-refractivity contribution is -0.129. The number of carbonyl (C=O) groups excluding carboxylic acids is 1. The summed E-state index contributed by atoms with van der Waals surface area (Å²) in [4.78, 5) is 13.8. The number of nitrogens with zero attached hydrogens (tertiary/aromatic N) is 2. The first kappa shape index (κ1) is 15.7. The predicted octanol–water partition coefficient (Wildman–Crippen LogP) is 2.21. The molecule has 19 heavy (non-hydrogen) atoms. The lowest BCUT2D eigenvalue weighted by Gasteiger charge is -2.15. The van der Waals surface area contributed by atoms with Gasteiger partial charge in [-0.05, 0) is 12.1 Å². The van der Waals surface area contributed by atoms with Crippen molar-refractivity contribution in [1.82, 2.24) is 4.90 Å². The number of carbonyl (C=O) groups is 1. The second-order valence-electron chi connectivity index (χ2n) is 3.95. The van der Waals surface area contributed by atoms with Crippen molar-refractivity contribution in [3.8, 4) is 6.07 Å². The Morgan fingerprint density at radius 2 is 2.16 bits per heavy atom. The lowest BCUT2D eigenvalue weighted by atomic mass is 10.3. The maximum absolute atomic E-state index is 12.0. The zero-order valence-electron chi connectivity index (χ0n) is 10.6. The van der Waals surface area contributed by atoms with Gasteiger partial charge in [0.1, 0.15) is 0 Å². The Hall–Kier alpha value is -1.38. The van der Waals surface area contributed by atoms with Crippen LogP contribution in [0.3, 0.4) is 0 Å². The second-order valence-corrected chi connectivity index (χ2v) is 5.90. The van der Waals surface area contributed by atoms with Gasteiger partial charge in [0.15, 0.2) is 0 Å². The van der Waals surface area contributed by atoms with Crippen molar-refractivity contribution in [2.75, 3.05) is 19.3 Å². The Morgan fingerprint density at radius 3 is 2.79 bits per heavy atom. The summed E-state index contributed by atoms with van der Waals surface area (Å²) in [6.07, 6.45) is 0.482. The molecule has 4 nitrogen and oxygen atoms in total. The van der Waals surface area contributed by atoms with E-state index in [0.29, 0.717) is 22.9 Å². The lowest BCUT2D eigenvalue weighted by Crippen LogP contribution is -2.28. The summed E-state index contributed by atoms with van der Waals surface area (Å²) in [5.74, 6) is 0.120. The van der Waals surface area contributed by atoms with Crippen LogP contribution in [-0.2, 0) is 15.6 Å². The van der Waals surface area contributed by atoms with Gasteiger partial charge >= 0.3 is 0 Å². The molecule has 1 atom stereocenters. The fourth-order valence-electron chi connectivity index (χ4n) is 1.45. The zero-order valence-corrected chi connectivity index (χ0v) is 12.2. The number of hydrogen-bond acceptors (Lipinski definition) is 3. The predicted molar refractivity (Wildman–Crippen MR) is 75.2 cm³/mol. The molecular weight excluding hydrogens is 284 g/mol. The standard InChI is InChI=1S/C13H15ClN2O2S/c1-16(9-4-8-15)13(17)7-10-19(18)12-6-3-2-5-11(12)14/h2-3,5-6H,4,7,9-10H2,1H3. The monoisotopic (exact) mass is 298 g/mol. The molecule has 6 heteroatoms. The van der Waals surface area contributed by atoms with Crippen LogP contribution in [0.4, 0.5) is 0 Å². The van der Waals surface area contributed by atoms with Gasteiger partial charge < -0.3 is 4.90 Å². The SMILES string of the molecule is CN(CCC#N)C(=O)CCS(=O)c1ccccc1Cl. The van der Waals surface area contributed by atoms with Gasteiger partial charge in [0, 0.05) is 25.8 Å². The number of halogens is 1. The van der Waals surface area contributed by atoms with Crippen LogP contribution >= 0.6 is 11.6 Å². The summed E-state index contributed by atoms with van der Waals surface area (Å²) in [5, 5.41) is 8.89. The smallest absolute Gasteiger partial charge is 0.223 e. The van der Waals surface area contributed by atoms with E-state index in [0.717, 1.165) is 0 Å². The van der Waals surface area contributed by atoms with E-state index in [2.05, 4.69) is 0 Å². The van der Waals surface area contributed by atoms with Crippen LogP contribution in [-0.4, -0.2) is 34.4 Å². The van der Waals surface area contributed by atoms with Crippen molar-refractivity contribution in [3.63, 3.8) is 0 Å². The second kappa shape index (κ2) is 7.93. The molecule has 1 aromatic rings. The van der Waals surface area contributed by atoms with Gasteiger partial charge in [0.2, 0.25) is 5.91 Å². The molecule has 0 bridgehead atoms. The van der Waals surface area contributed by atoms with Crippen LogP contribution in [0.25, 0.3) is 0 Å². The van der Waals surface area contributed by atoms with Crippen LogP contribution in [0.1, 0.15) is 12.8 Å². The molecule has 0 saturated carbocycles. The Morgan fingerprint density at radius 1 is 1.47 bits per heavy atom. The van der Waals surface area contributed by atoms with Crippen molar-refractivity contribution in [1.29, 1.82) is 5.26 Å². The van der Waals surface area contributed by atoms with Gasteiger partial charge in [-0.25, -0.2) is 0 Å². The quantitative estimate of drug-likeness (QED) is 0.809. The fourth-order valence-corrected chi connectivity index (χ4v) is 2.94. The van der Waals surface area contributed by atoms with E-state index < -0.39 is 10.8 Å². The highest BCUT2D eigenvalue weighted by molar-refractivity contribution is 7.85. The number of rotatable bonds is 6. The Labute approximate surface area is 120 Å². The van der Waals surface area contributed by atoms with Crippen molar-refractivity contribution in [2.45, 2.75) is 17.7 Å². The average Bonchev–Trinajstić information content (AvgIpc) is 2.42. The first-order chi connectivity index (χ1) is 9.06. The Bertz CT molecular complexity index is 514. The first-order valence-electron chi connectivity index (χ1n) is 5.80. The van der Waals surface area contributed by atoms with E-state index in [1.54, 1.807) is 31.3 Å². The van der Waals surface area contributed by atoms with Gasteiger partial charge in [0.05, 0.1) is 33.2 Å². The summed E-state index contributed by atoms with van der Waals surface area (Å²) in [7, 11) is 0.355. The molecule has 0 spiro atoms. The van der Waals surface area contributed by atoms with Crippen molar-refractivity contribution >= 4 is 28.3 Å². The van der Waals surface area contributed by atoms with Crippen LogP contribution in [0, 0.1) is 11.3 Å². The molecule has 102 valence electrons. The van der Waals surface area contributed by atoms with E-state index in [-0.39, 0.29) is 18.1 Å².